The van der Waals surface area contributed by atoms with Crippen molar-refractivity contribution in [1.29, 1.82) is 0 Å². The van der Waals surface area contributed by atoms with Crippen molar-refractivity contribution in [1.82, 2.24) is 14.9 Å². The Kier molecular flexibility index (Phi) is 6.57. The van der Waals surface area contributed by atoms with Crippen molar-refractivity contribution in [2.24, 2.45) is 0 Å². The summed E-state index contributed by atoms with van der Waals surface area (Å²) in [5.41, 5.74) is 3.13. The SMILES string of the molecule is Cc1noc(C)c1CCN(Cc1ccccc1)c1nc(C(=O)NS(C)(=O)=O)c(C)s1. The summed E-state index contributed by atoms with van der Waals surface area (Å²) in [6.07, 6.45) is 1.65. The minimum atomic E-state index is -3.66. The second kappa shape index (κ2) is 8.97. The number of anilines is 1. The van der Waals surface area contributed by atoms with E-state index in [0.29, 0.717) is 29.5 Å². The molecule has 0 radical (unpaired) electrons. The zero-order valence-corrected chi connectivity index (χ0v) is 18.9. The van der Waals surface area contributed by atoms with E-state index in [4.69, 9.17) is 4.52 Å². The Balaban J connectivity index is 1.88. The van der Waals surface area contributed by atoms with E-state index in [9.17, 15) is 13.2 Å². The number of hydrogen-bond donors (Lipinski definition) is 1. The van der Waals surface area contributed by atoms with Gasteiger partial charge < -0.3 is 9.42 Å². The van der Waals surface area contributed by atoms with Gasteiger partial charge in [-0.15, -0.1) is 11.3 Å². The molecule has 8 nitrogen and oxygen atoms in total. The number of rotatable bonds is 8. The molecule has 30 heavy (non-hydrogen) atoms. The van der Waals surface area contributed by atoms with Gasteiger partial charge in [0.2, 0.25) is 10.0 Å². The van der Waals surface area contributed by atoms with E-state index in [-0.39, 0.29) is 5.69 Å². The normalized spacial score (nSPS) is 11.5. The van der Waals surface area contributed by atoms with E-state index in [2.05, 4.69) is 15.0 Å². The van der Waals surface area contributed by atoms with E-state index in [1.165, 1.54) is 11.3 Å². The van der Waals surface area contributed by atoms with E-state index in [1.807, 2.05) is 48.9 Å². The third kappa shape index (κ3) is 5.45. The average Bonchev–Trinajstić information content (AvgIpc) is 3.21. The molecule has 3 rings (SSSR count). The topological polar surface area (TPSA) is 105 Å². The summed E-state index contributed by atoms with van der Waals surface area (Å²) in [6.45, 7) is 6.79. The number of aromatic nitrogens is 2. The standard InChI is InChI=1S/C20H24N4O4S2/c1-13-17(14(2)28-22-13)10-11-24(12-16-8-6-5-7-9-16)20-21-18(15(3)29-20)19(25)23-30(4,26)27/h5-9H,10-12H2,1-4H3,(H,23,25). The molecule has 1 N–H and O–H groups in total. The van der Waals surface area contributed by atoms with E-state index < -0.39 is 15.9 Å². The molecule has 2 aromatic heterocycles. The molecule has 0 aliphatic carbocycles. The van der Waals surface area contributed by atoms with Gasteiger partial charge in [-0.05, 0) is 32.8 Å². The number of nitrogens with zero attached hydrogens (tertiary/aromatic N) is 3. The van der Waals surface area contributed by atoms with Crippen LogP contribution in [0.2, 0.25) is 0 Å². The monoisotopic (exact) mass is 448 g/mol. The molecule has 0 bridgehead atoms. The Morgan fingerprint density at radius 1 is 1.20 bits per heavy atom. The van der Waals surface area contributed by atoms with Crippen LogP contribution in [0.1, 0.15) is 37.9 Å². The van der Waals surface area contributed by atoms with Crippen LogP contribution >= 0.6 is 11.3 Å². The van der Waals surface area contributed by atoms with Gasteiger partial charge in [0.1, 0.15) is 11.5 Å². The molecule has 160 valence electrons. The highest BCUT2D eigenvalue weighted by Crippen LogP contribution is 2.28. The Morgan fingerprint density at radius 2 is 1.90 bits per heavy atom. The first kappa shape index (κ1) is 22.0. The summed E-state index contributed by atoms with van der Waals surface area (Å²) in [7, 11) is -3.66. The second-order valence-corrected chi connectivity index (χ2v) is 9.99. The second-order valence-electron chi connectivity index (χ2n) is 7.06. The molecule has 3 aromatic rings. The molecule has 10 heteroatoms. The van der Waals surface area contributed by atoms with E-state index >= 15 is 0 Å². The molecular formula is C20H24N4O4S2. The van der Waals surface area contributed by atoms with E-state index in [1.54, 1.807) is 6.92 Å². The summed E-state index contributed by atoms with van der Waals surface area (Å²) in [5, 5.41) is 4.66. The van der Waals surface area contributed by atoms with Crippen molar-refractivity contribution in [3.05, 3.63) is 63.5 Å². The van der Waals surface area contributed by atoms with Crippen molar-refractivity contribution in [2.45, 2.75) is 33.7 Å². The summed E-state index contributed by atoms with van der Waals surface area (Å²) >= 11 is 1.36. The maximum absolute atomic E-state index is 12.3. The predicted octanol–water partition coefficient (Wildman–Crippen LogP) is 3.00. The van der Waals surface area contributed by atoms with Gasteiger partial charge in [-0.2, -0.15) is 0 Å². The van der Waals surface area contributed by atoms with Crippen molar-refractivity contribution >= 4 is 32.4 Å². The van der Waals surface area contributed by atoms with Crippen LogP contribution in [0, 0.1) is 20.8 Å². The van der Waals surface area contributed by atoms with E-state index in [0.717, 1.165) is 28.8 Å². The Hall–Kier alpha value is -2.72. The largest absolute Gasteiger partial charge is 0.361 e. The number of amides is 1. The summed E-state index contributed by atoms with van der Waals surface area (Å²) < 4.78 is 30.1. The van der Waals surface area contributed by atoms with Gasteiger partial charge in [0.15, 0.2) is 5.13 Å². The lowest BCUT2D eigenvalue weighted by Crippen LogP contribution is -2.30. The quantitative estimate of drug-likeness (QED) is 0.565. The number of thiazole rings is 1. The van der Waals surface area contributed by atoms with Crippen molar-refractivity contribution in [3.63, 3.8) is 0 Å². The first-order valence-corrected chi connectivity index (χ1v) is 12.0. The van der Waals surface area contributed by atoms with Crippen LogP contribution in [-0.4, -0.2) is 37.3 Å². The van der Waals surface area contributed by atoms with Gasteiger partial charge in [0.05, 0.1) is 11.9 Å². The van der Waals surface area contributed by atoms with Crippen LogP contribution < -0.4 is 9.62 Å². The van der Waals surface area contributed by atoms with Crippen LogP contribution in [0.3, 0.4) is 0 Å². The maximum Gasteiger partial charge on any atom is 0.284 e. The molecule has 2 heterocycles. The lowest BCUT2D eigenvalue weighted by Gasteiger charge is -2.22. The predicted molar refractivity (Wildman–Crippen MR) is 116 cm³/mol. The number of carbonyl (C=O) groups is 1. The zero-order valence-electron chi connectivity index (χ0n) is 17.3. The molecule has 0 saturated heterocycles. The number of sulfonamides is 1. The molecule has 0 aliphatic heterocycles. The third-order valence-corrected chi connectivity index (χ3v) is 6.17. The van der Waals surface area contributed by atoms with Gasteiger partial charge in [-0.1, -0.05) is 35.5 Å². The molecule has 1 amide bonds. The van der Waals surface area contributed by atoms with Gasteiger partial charge in [0.25, 0.3) is 5.91 Å². The average molecular weight is 449 g/mol. The highest BCUT2D eigenvalue weighted by atomic mass is 32.2. The molecule has 0 aliphatic rings. The van der Waals surface area contributed by atoms with Crippen LogP contribution in [0.25, 0.3) is 0 Å². The first-order valence-electron chi connectivity index (χ1n) is 9.34. The zero-order chi connectivity index (χ0) is 21.9. The number of aryl methyl sites for hydroxylation is 3. The Bertz CT molecular complexity index is 1120. The number of hydrogen-bond acceptors (Lipinski definition) is 8. The fourth-order valence-corrected chi connectivity index (χ4v) is 4.46. The van der Waals surface area contributed by atoms with Crippen LogP contribution in [0.15, 0.2) is 34.9 Å². The minimum absolute atomic E-state index is 0.121. The lowest BCUT2D eigenvalue weighted by molar-refractivity contribution is 0.0977. The molecule has 0 unspecified atom stereocenters. The minimum Gasteiger partial charge on any atom is -0.361 e. The Morgan fingerprint density at radius 3 is 2.50 bits per heavy atom. The van der Waals surface area contributed by atoms with Gasteiger partial charge in [-0.25, -0.2) is 18.1 Å². The van der Waals surface area contributed by atoms with Gasteiger partial charge >= 0.3 is 0 Å². The lowest BCUT2D eigenvalue weighted by atomic mass is 10.1. The van der Waals surface area contributed by atoms with Crippen LogP contribution in [0.4, 0.5) is 5.13 Å². The molecule has 0 saturated carbocycles. The number of benzene rings is 1. The molecule has 0 spiro atoms. The smallest absolute Gasteiger partial charge is 0.284 e. The highest BCUT2D eigenvalue weighted by Gasteiger charge is 2.22. The van der Waals surface area contributed by atoms with Crippen molar-refractivity contribution in [3.8, 4) is 0 Å². The van der Waals surface area contributed by atoms with Gasteiger partial charge in [-0.3, -0.25) is 4.79 Å². The molecule has 0 fully saturated rings. The summed E-state index contributed by atoms with van der Waals surface area (Å²) in [4.78, 5) is 19.5. The number of carbonyl (C=O) groups excluding carboxylic acids is 1. The fourth-order valence-electron chi connectivity index (χ4n) is 3.10. The Labute approximate surface area is 180 Å². The number of nitrogens with one attached hydrogen (secondary N) is 1. The van der Waals surface area contributed by atoms with Crippen LogP contribution in [-0.2, 0) is 23.0 Å². The first-order chi connectivity index (χ1) is 14.1. The highest BCUT2D eigenvalue weighted by molar-refractivity contribution is 7.89. The summed E-state index contributed by atoms with van der Waals surface area (Å²) in [6, 6.07) is 9.96. The molecular weight excluding hydrogens is 424 g/mol. The van der Waals surface area contributed by atoms with Gasteiger partial charge in [0, 0.05) is 23.5 Å². The molecule has 0 atom stereocenters. The van der Waals surface area contributed by atoms with Crippen LogP contribution in [0.5, 0.6) is 0 Å². The summed E-state index contributed by atoms with van der Waals surface area (Å²) in [5.74, 6) is 0.0681. The molecule has 1 aromatic carbocycles. The third-order valence-electron chi connectivity index (χ3n) is 4.58. The maximum atomic E-state index is 12.3. The van der Waals surface area contributed by atoms with Crippen molar-refractivity contribution < 1.29 is 17.7 Å². The van der Waals surface area contributed by atoms with Crippen molar-refractivity contribution in [2.75, 3.05) is 17.7 Å². The fraction of sp³-hybridized carbons (Fsp3) is 0.350.